The van der Waals surface area contributed by atoms with Gasteiger partial charge in [0.25, 0.3) is 0 Å². The average Bonchev–Trinajstić information content (AvgIpc) is 2.28. The van der Waals surface area contributed by atoms with E-state index in [9.17, 15) is 4.21 Å². The second kappa shape index (κ2) is 4.71. The molecule has 0 radical (unpaired) electrons. The first kappa shape index (κ1) is 12.8. The summed E-state index contributed by atoms with van der Waals surface area (Å²) in [6, 6.07) is 2.16. The molecule has 1 atom stereocenters. The lowest BCUT2D eigenvalue weighted by atomic mass is 9.92. The van der Waals surface area contributed by atoms with Gasteiger partial charge in [0.05, 0.1) is 39.9 Å². The lowest BCUT2D eigenvalue weighted by molar-refractivity contribution is 0.634. The number of nitriles is 1. The lowest BCUT2D eigenvalue weighted by Gasteiger charge is -2.15. The van der Waals surface area contributed by atoms with Gasteiger partial charge in [-0.25, -0.2) is 4.98 Å². The van der Waals surface area contributed by atoms with E-state index < -0.39 is 16.2 Å². The molecule has 4 nitrogen and oxygen atoms in total. The molecule has 5 heteroatoms. The highest BCUT2D eigenvalue weighted by Crippen LogP contribution is 2.21. The van der Waals surface area contributed by atoms with E-state index in [1.807, 2.05) is 6.92 Å². The van der Waals surface area contributed by atoms with Crippen molar-refractivity contribution in [2.45, 2.75) is 38.1 Å². The molecule has 0 aliphatic rings. The predicted octanol–water partition coefficient (Wildman–Crippen LogP) is 1.71. The van der Waals surface area contributed by atoms with Crippen LogP contribution >= 0.6 is 0 Å². The van der Waals surface area contributed by atoms with Gasteiger partial charge in [-0.1, -0.05) is 6.92 Å². The number of nitrogens with zero attached hydrogens (tertiary/aromatic N) is 3. The number of hydrogen-bond acceptors (Lipinski definition) is 4. The van der Waals surface area contributed by atoms with Gasteiger partial charge in [-0.3, -0.25) is 9.19 Å². The van der Waals surface area contributed by atoms with Gasteiger partial charge in [0.1, 0.15) is 5.03 Å². The Morgan fingerprint density at radius 2 is 2.19 bits per heavy atom. The molecule has 0 amide bonds. The fourth-order valence-electron chi connectivity index (χ4n) is 1.14. The Bertz CT molecular complexity index is 463. The van der Waals surface area contributed by atoms with Crippen molar-refractivity contribution in [3.05, 3.63) is 17.6 Å². The molecule has 1 rings (SSSR count). The summed E-state index contributed by atoms with van der Waals surface area (Å²) in [6.07, 6.45) is 1.58. The monoisotopic (exact) mass is 237 g/mol. The van der Waals surface area contributed by atoms with Gasteiger partial charge >= 0.3 is 0 Å². The third-order valence-electron chi connectivity index (χ3n) is 2.31. The average molecular weight is 237 g/mol. The Morgan fingerprint density at radius 1 is 1.56 bits per heavy atom. The highest BCUT2D eigenvalue weighted by atomic mass is 32.2. The van der Waals surface area contributed by atoms with Crippen LogP contribution in [-0.2, 0) is 16.2 Å². The molecule has 86 valence electrons. The first-order valence-electron chi connectivity index (χ1n) is 5.06. The molecule has 0 fully saturated rings. The van der Waals surface area contributed by atoms with Crippen molar-refractivity contribution in [1.29, 1.82) is 5.26 Å². The number of rotatable bonds is 3. The number of hydrogen-bond donors (Lipinski definition) is 0. The Kier molecular flexibility index (Phi) is 3.76. The van der Waals surface area contributed by atoms with Crippen molar-refractivity contribution < 1.29 is 4.21 Å². The second-order valence-electron chi connectivity index (χ2n) is 4.02. The van der Waals surface area contributed by atoms with E-state index in [1.165, 1.54) is 0 Å². The predicted molar refractivity (Wildman–Crippen MR) is 62.4 cm³/mol. The molecule has 1 heterocycles. The summed E-state index contributed by atoms with van der Waals surface area (Å²) in [5.74, 6) is 0.506. The van der Waals surface area contributed by atoms with E-state index in [4.69, 9.17) is 5.26 Å². The molecule has 0 aromatic carbocycles. The molecule has 0 N–H and O–H groups in total. The normalized spacial score (nSPS) is 13.2. The largest absolute Gasteiger partial charge is 0.257 e. The molecule has 1 aromatic rings. The van der Waals surface area contributed by atoms with Crippen LogP contribution in [0.15, 0.2) is 11.2 Å². The maximum Gasteiger partial charge on any atom is 0.148 e. The fourth-order valence-corrected chi connectivity index (χ4v) is 2.00. The van der Waals surface area contributed by atoms with Crippen LogP contribution in [0.4, 0.5) is 0 Å². The van der Waals surface area contributed by atoms with Gasteiger partial charge in [0, 0.05) is 5.75 Å². The van der Waals surface area contributed by atoms with Crippen LogP contribution in [0.1, 0.15) is 32.2 Å². The standard InChI is InChI=1S/C11H15N3OS/c1-5-16(15)10-8(2)13-6-9(14-10)11(3,4)7-12/h6H,5H2,1-4H3. The first-order valence-corrected chi connectivity index (χ1v) is 6.38. The van der Waals surface area contributed by atoms with Gasteiger partial charge in [-0.05, 0) is 20.8 Å². The SMILES string of the molecule is CCS(=O)c1nc(C(C)(C)C#N)cnc1C. The van der Waals surface area contributed by atoms with Gasteiger partial charge in [-0.2, -0.15) is 5.26 Å². The summed E-state index contributed by atoms with van der Waals surface area (Å²) in [6.45, 7) is 7.15. The molecule has 0 saturated carbocycles. The quantitative estimate of drug-likeness (QED) is 0.802. The first-order chi connectivity index (χ1) is 7.42. The van der Waals surface area contributed by atoms with Crippen molar-refractivity contribution >= 4 is 10.8 Å². The molecule has 0 aliphatic carbocycles. The summed E-state index contributed by atoms with van der Waals surface area (Å²) >= 11 is 0. The topological polar surface area (TPSA) is 66.6 Å². The Morgan fingerprint density at radius 3 is 2.69 bits per heavy atom. The van der Waals surface area contributed by atoms with Crippen LogP contribution in [0.2, 0.25) is 0 Å². The molecular weight excluding hydrogens is 222 g/mol. The maximum absolute atomic E-state index is 11.7. The van der Waals surface area contributed by atoms with E-state index in [0.29, 0.717) is 22.2 Å². The van der Waals surface area contributed by atoms with Crippen LogP contribution in [0.3, 0.4) is 0 Å². The van der Waals surface area contributed by atoms with Gasteiger partial charge in [0.2, 0.25) is 0 Å². The van der Waals surface area contributed by atoms with E-state index in [0.717, 1.165) is 0 Å². The Labute approximate surface area is 98.2 Å². The zero-order valence-electron chi connectivity index (χ0n) is 9.94. The van der Waals surface area contributed by atoms with Crippen LogP contribution in [0, 0.1) is 18.3 Å². The molecular formula is C11H15N3OS. The molecule has 16 heavy (non-hydrogen) atoms. The van der Waals surface area contributed by atoms with Crippen LogP contribution in [0.5, 0.6) is 0 Å². The third-order valence-corrected chi connectivity index (χ3v) is 3.65. The molecule has 0 aliphatic heterocycles. The third kappa shape index (κ3) is 2.45. The summed E-state index contributed by atoms with van der Waals surface area (Å²) in [7, 11) is -1.13. The van der Waals surface area contributed by atoms with Gasteiger partial charge in [0.15, 0.2) is 0 Å². The van der Waals surface area contributed by atoms with E-state index in [-0.39, 0.29) is 0 Å². The van der Waals surface area contributed by atoms with Crippen molar-refractivity contribution in [2.75, 3.05) is 5.75 Å². The minimum absolute atomic E-state index is 0.489. The van der Waals surface area contributed by atoms with Crippen LogP contribution in [-0.4, -0.2) is 19.9 Å². The van der Waals surface area contributed by atoms with Crippen molar-refractivity contribution in [3.8, 4) is 6.07 Å². The van der Waals surface area contributed by atoms with Gasteiger partial charge < -0.3 is 0 Å². The minimum atomic E-state index is -1.13. The number of aryl methyl sites for hydroxylation is 1. The lowest BCUT2D eigenvalue weighted by Crippen LogP contribution is -2.18. The van der Waals surface area contributed by atoms with Crippen LogP contribution in [0.25, 0.3) is 0 Å². The summed E-state index contributed by atoms with van der Waals surface area (Å²) < 4.78 is 11.7. The molecule has 0 spiro atoms. The highest BCUT2D eigenvalue weighted by Gasteiger charge is 2.23. The number of aromatic nitrogens is 2. The smallest absolute Gasteiger partial charge is 0.148 e. The Hall–Kier alpha value is -1.28. The maximum atomic E-state index is 11.7. The Balaban J connectivity index is 3.29. The van der Waals surface area contributed by atoms with Crippen molar-refractivity contribution in [1.82, 2.24) is 9.97 Å². The van der Waals surface area contributed by atoms with E-state index in [1.54, 1.807) is 27.0 Å². The highest BCUT2D eigenvalue weighted by molar-refractivity contribution is 7.84. The molecule has 0 saturated heterocycles. The van der Waals surface area contributed by atoms with Gasteiger partial charge in [-0.15, -0.1) is 0 Å². The summed E-state index contributed by atoms with van der Waals surface area (Å²) in [5.41, 5.74) is 0.531. The second-order valence-corrected chi connectivity index (χ2v) is 5.67. The molecule has 1 unspecified atom stereocenters. The van der Waals surface area contributed by atoms with Crippen LogP contribution < -0.4 is 0 Å². The molecule has 1 aromatic heterocycles. The van der Waals surface area contributed by atoms with E-state index in [2.05, 4.69) is 16.0 Å². The van der Waals surface area contributed by atoms with Crippen molar-refractivity contribution in [2.24, 2.45) is 0 Å². The summed E-state index contributed by atoms with van der Waals surface area (Å²) in [5, 5.41) is 9.50. The zero-order chi connectivity index (χ0) is 12.3. The summed E-state index contributed by atoms with van der Waals surface area (Å²) in [4.78, 5) is 8.46. The van der Waals surface area contributed by atoms with Crippen molar-refractivity contribution in [3.63, 3.8) is 0 Å². The minimum Gasteiger partial charge on any atom is -0.257 e. The molecule has 0 bridgehead atoms. The van der Waals surface area contributed by atoms with E-state index >= 15 is 0 Å². The fraction of sp³-hybridized carbons (Fsp3) is 0.545. The zero-order valence-corrected chi connectivity index (χ0v) is 10.8.